The lowest BCUT2D eigenvalue weighted by Gasteiger charge is -2.13. The second-order valence-electron chi connectivity index (χ2n) is 2.37. The van der Waals surface area contributed by atoms with Crippen molar-refractivity contribution in [1.29, 1.82) is 5.41 Å². The smallest absolute Gasteiger partial charge is 0.314 e. The van der Waals surface area contributed by atoms with Gasteiger partial charge in [-0.2, -0.15) is 0 Å². The van der Waals surface area contributed by atoms with Gasteiger partial charge in [0.15, 0.2) is 5.90 Å². The molecule has 0 radical (unpaired) electrons. The molecule has 0 bridgehead atoms. The van der Waals surface area contributed by atoms with Gasteiger partial charge in [-0.05, 0) is 6.92 Å². The third-order valence-electron chi connectivity index (χ3n) is 1.37. The predicted octanol–water partition coefficient (Wildman–Crippen LogP) is 0.401. The first-order valence-corrected chi connectivity index (χ1v) is 3.78. The number of primary amides is 1. The highest BCUT2D eigenvalue weighted by molar-refractivity contribution is 5.75. The minimum absolute atomic E-state index is 0.186. The summed E-state index contributed by atoms with van der Waals surface area (Å²) in [5, 5.41) is 7.22. The van der Waals surface area contributed by atoms with Crippen LogP contribution >= 0.6 is 0 Å². The van der Waals surface area contributed by atoms with Crippen LogP contribution in [0.25, 0.3) is 0 Å². The van der Waals surface area contributed by atoms with Crippen LogP contribution in [0.5, 0.6) is 0 Å². The van der Waals surface area contributed by atoms with E-state index in [1.807, 2.05) is 6.92 Å². The van der Waals surface area contributed by atoms with Crippen LogP contribution in [-0.2, 0) is 4.74 Å². The highest BCUT2D eigenvalue weighted by Gasteiger charge is 2.04. The molecule has 5 heteroatoms. The topological polar surface area (TPSA) is 79.4 Å². The third kappa shape index (κ3) is 4.54. The molecule has 12 heavy (non-hydrogen) atoms. The van der Waals surface area contributed by atoms with E-state index in [-0.39, 0.29) is 5.90 Å². The average Bonchev–Trinajstić information content (AvgIpc) is 2.00. The maximum atomic E-state index is 10.5. The Morgan fingerprint density at radius 2 is 2.25 bits per heavy atom. The lowest BCUT2D eigenvalue weighted by molar-refractivity contribution is 0.218. The zero-order chi connectivity index (χ0) is 9.56. The van der Waals surface area contributed by atoms with E-state index in [0.717, 1.165) is 0 Å². The molecule has 0 unspecified atom stereocenters. The summed E-state index contributed by atoms with van der Waals surface area (Å²) < 4.78 is 4.88. The molecule has 0 aliphatic rings. The fourth-order valence-electron chi connectivity index (χ4n) is 0.626. The number of carbonyl (C=O) groups excluding carboxylic acids is 1. The summed E-state index contributed by atoms with van der Waals surface area (Å²) in [6, 6.07) is -0.487. The molecule has 3 N–H and O–H groups in total. The lowest BCUT2D eigenvalue weighted by Crippen LogP contribution is -2.33. The van der Waals surface area contributed by atoms with E-state index in [4.69, 9.17) is 15.9 Å². The Kier molecular flexibility index (Phi) is 4.83. The zero-order valence-corrected chi connectivity index (χ0v) is 7.46. The van der Waals surface area contributed by atoms with Crippen LogP contribution in [0.4, 0.5) is 4.79 Å². The zero-order valence-electron chi connectivity index (χ0n) is 7.46. The maximum absolute atomic E-state index is 10.5. The average molecular weight is 173 g/mol. The van der Waals surface area contributed by atoms with Gasteiger partial charge < -0.3 is 15.4 Å². The number of amides is 2. The van der Waals surface area contributed by atoms with E-state index >= 15 is 0 Å². The molecule has 0 aromatic carbocycles. The molecule has 70 valence electrons. The fourth-order valence-corrected chi connectivity index (χ4v) is 0.626. The van der Waals surface area contributed by atoms with Crippen molar-refractivity contribution in [1.82, 2.24) is 4.90 Å². The molecule has 0 aliphatic carbocycles. The number of urea groups is 1. The normalized spacial score (nSPS) is 9.17. The summed E-state index contributed by atoms with van der Waals surface area (Å²) >= 11 is 0. The summed E-state index contributed by atoms with van der Waals surface area (Å²) in [4.78, 5) is 11.8. The van der Waals surface area contributed by atoms with Crippen molar-refractivity contribution in [2.45, 2.75) is 13.3 Å². The number of hydrogen-bond acceptors (Lipinski definition) is 3. The van der Waals surface area contributed by atoms with Gasteiger partial charge in [0.2, 0.25) is 0 Å². The monoisotopic (exact) mass is 173 g/mol. The van der Waals surface area contributed by atoms with Crippen LogP contribution in [0.15, 0.2) is 0 Å². The van der Waals surface area contributed by atoms with Gasteiger partial charge in [-0.15, -0.1) is 0 Å². The van der Waals surface area contributed by atoms with E-state index < -0.39 is 6.03 Å². The van der Waals surface area contributed by atoms with Crippen molar-refractivity contribution < 1.29 is 9.53 Å². The highest BCUT2D eigenvalue weighted by Crippen LogP contribution is 1.90. The molecule has 0 saturated carbocycles. The standard InChI is InChI=1S/C7H15N3O2/c1-3-12-6(8)4-5-10(2)7(9)11/h8H,3-5H2,1-2H3,(H2,9,11). The first-order valence-electron chi connectivity index (χ1n) is 3.78. The van der Waals surface area contributed by atoms with Gasteiger partial charge in [0.25, 0.3) is 0 Å². The summed E-state index contributed by atoms with van der Waals surface area (Å²) in [5.74, 6) is 0.186. The fraction of sp³-hybridized carbons (Fsp3) is 0.714. The molecular weight excluding hydrogens is 158 g/mol. The van der Waals surface area contributed by atoms with Crippen molar-refractivity contribution in [2.24, 2.45) is 5.73 Å². The first-order chi connectivity index (χ1) is 5.57. The van der Waals surface area contributed by atoms with Gasteiger partial charge >= 0.3 is 6.03 Å². The van der Waals surface area contributed by atoms with Crippen molar-refractivity contribution >= 4 is 11.9 Å². The Morgan fingerprint density at radius 1 is 1.67 bits per heavy atom. The van der Waals surface area contributed by atoms with Gasteiger partial charge in [-0.1, -0.05) is 0 Å². The maximum Gasteiger partial charge on any atom is 0.314 e. The van der Waals surface area contributed by atoms with Crippen molar-refractivity contribution in [2.75, 3.05) is 20.2 Å². The Bertz CT molecular complexity index is 170. The number of rotatable bonds is 4. The largest absolute Gasteiger partial charge is 0.481 e. The van der Waals surface area contributed by atoms with Crippen molar-refractivity contribution in [3.63, 3.8) is 0 Å². The van der Waals surface area contributed by atoms with E-state index in [0.29, 0.717) is 19.6 Å². The number of hydrogen-bond donors (Lipinski definition) is 2. The Balaban J connectivity index is 3.54. The second kappa shape index (κ2) is 5.40. The highest BCUT2D eigenvalue weighted by atomic mass is 16.5. The van der Waals surface area contributed by atoms with Crippen LogP contribution in [0.1, 0.15) is 13.3 Å². The number of nitrogens with one attached hydrogen (secondary N) is 1. The SMILES string of the molecule is CCOC(=N)CCN(C)C(N)=O. The molecule has 0 rings (SSSR count). The molecule has 2 amide bonds. The first kappa shape index (κ1) is 10.7. The summed E-state index contributed by atoms with van der Waals surface area (Å²) in [7, 11) is 1.58. The molecule has 0 fully saturated rings. The van der Waals surface area contributed by atoms with Gasteiger partial charge in [0.1, 0.15) is 0 Å². The molecule has 0 atom stereocenters. The van der Waals surface area contributed by atoms with Crippen molar-refractivity contribution in [3.05, 3.63) is 0 Å². The van der Waals surface area contributed by atoms with Gasteiger partial charge in [0.05, 0.1) is 6.61 Å². The number of ether oxygens (including phenoxy) is 1. The Hall–Kier alpha value is -1.26. The van der Waals surface area contributed by atoms with Crippen LogP contribution in [0.3, 0.4) is 0 Å². The summed E-state index contributed by atoms with van der Waals surface area (Å²) in [6.45, 7) is 2.72. The number of nitrogens with zero attached hydrogens (tertiary/aromatic N) is 1. The summed E-state index contributed by atoms with van der Waals surface area (Å²) in [5.41, 5.74) is 4.97. The van der Waals surface area contributed by atoms with Gasteiger partial charge in [-0.3, -0.25) is 5.41 Å². The molecule has 0 aromatic heterocycles. The molecule has 0 aliphatic heterocycles. The van der Waals surface area contributed by atoms with Crippen LogP contribution < -0.4 is 5.73 Å². The van der Waals surface area contributed by atoms with E-state index in [1.54, 1.807) is 7.05 Å². The minimum Gasteiger partial charge on any atom is -0.481 e. The van der Waals surface area contributed by atoms with E-state index in [2.05, 4.69) is 0 Å². The van der Waals surface area contributed by atoms with Crippen LogP contribution in [0, 0.1) is 5.41 Å². The second-order valence-corrected chi connectivity index (χ2v) is 2.37. The molecular formula is C7H15N3O2. The Morgan fingerprint density at radius 3 is 2.67 bits per heavy atom. The molecule has 0 aromatic rings. The number of nitrogens with two attached hydrogens (primary N) is 1. The van der Waals surface area contributed by atoms with Gasteiger partial charge in [-0.25, -0.2) is 4.79 Å². The van der Waals surface area contributed by atoms with E-state index in [1.165, 1.54) is 4.90 Å². The van der Waals surface area contributed by atoms with Crippen molar-refractivity contribution in [3.8, 4) is 0 Å². The molecule has 0 heterocycles. The summed E-state index contributed by atoms with van der Waals surface area (Å²) in [6.07, 6.45) is 0.410. The van der Waals surface area contributed by atoms with Gasteiger partial charge in [0, 0.05) is 20.0 Å². The number of carbonyl (C=O) groups is 1. The lowest BCUT2D eigenvalue weighted by atomic mass is 10.4. The molecule has 0 saturated heterocycles. The third-order valence-corrected chi connectivity index (χ3v) is 1.37. The van der Waals surface area contributed by atoms with Crippen LogP contribution in [0.2, 0.25) is 0 Å². The molecule has 0 spiro atoms. The quantitative estimate of drug-likeness (QED) is 0.476. The van der Waals surface area contributed by atoms with Crippen LogP contribution in [-0.4, -0.2) is 37.0 Å². The Labute approximate surface area is 72.0 Å². The van der Waals surface area contributed by atoms with E-state index in [9.17, 15) is 4.79 Å². The minimum atomic E-state index is -0.487. The predicted molar refractivity (Wildman–Crippen MR) is 46.2 cm³/mol. The molecule has 5 nitrogen and oxygen atoms in total.